The third-order valence-electron chi connectivity index (χ3n) is 5.73. The number of carbonyl (C=O) groups excluding carboxylic acids is 1. The molecule has 0 aliphatic rings. The molecule has 0 unspecified atom stereocenters. The van der Waals surface area contributed by atoms with Crippen LogP contribution in [0.2, 0.25) is 0 Å². The van der Waals surface area contributed by atoms with E-state index < -0.39 is 0 Å². The lowest BCUT2D eigenvalue weighted by Crippen LogP contribution is -2.18. The third-order valence-corrected chi connectivity index (χ3v) is 5.73. The summed E-state index contributed by atoms with van der Waals surface area (Å²) in [5.41, 5.74) is 3.92. The topological polar surface area (TPSA) is 64.0 Å². The molecule has 0 bridgehead atoms. The maximum Gasteiger partial charge on any atom is 0.193 e. The van der Waals surface area contributed by atoms with Crippen LogP contribution in [0, 0.1) is 6.92 Å². The number of nitrogens with zero attached hydrogens (tertiary/aromatic N) is 2. The number of nitrogens with one attached hydrogen (secondary N) is 1. The van der Waals surface area contributed by atoms with E-state index in [0.29, 0.717) is 22.4 Å². The molecule has 0 fully saturated rings. The zero-order chi connectivity index (χ0) is 24.8. The van der Waals surface area contributed by atoms with E-state index in [2.05, 4.69) is 23.3 Å². The number of Topliss-reactive ketones (excluding diaryl/α,β-unsaturated/α-hetero) is 1. The van der Waals surface area contributed by atoms with Crippen LogP contribution in [-0.4, -0.2) is 15.3 Å². The zero-order valence-electron chi connectivity index (χ0n) is 20.3. The molecule has 5 nitrogen and oxygen atoms in total. The summed E-state index contributed by atoms with van der Waals surface area (Å²) in [5.74, 6) is 0.442. The summed E-state index contributed by atoms with van der Waals surface area (Å²) in [6.45, 7) is 5.87. The van der Waals surface area contributed by atoms with Crippen LogP contribution in [0.25, 0.3) is 16.6 Å². The van der Waals surface area contributed by atoms with Crippen LogP contribution in [0.1, 0.15) is 42.0 Å². The van der Waals surface area contributed by atoms with E-state index in [1.165, 1.54) is 0 Å². The molecule has 2 aromatic carbocycles. The highest BCUT2D eigenvalue weighted by atomic mass is 16.1. The van der Waals surface area contributed by atoms with Crippen LogP contribution in [0.15, 0.2) is 102 Å². The van der Waals surface area contributed by atoms with Crippen molar-refractivity contribution in [1.82, 2.24) is 9.55 Å². The van der Waals surface area contributed by atoms with Crippen LogP contribution >= 0.6 is 0 Å². The predicted octanol–water partition coefficient (Wildman–Crippen LogP) is 6.40. The molecule has 0 radical (unpaired) electrons. The molecular weight excluding hydrogens is 434 g/mol. The minimum atomic E-state index is -0.242. The average molecular weight is 464 g/mol. The van der Waals surface area contributed by atoms with Crippen LogP contribution in [-0.2, 0) is 6.42 Å². The van der Waals surface area contributed by atoms with E-state index in [0.717, 1.165) is 23.4 Å². The van der Waals surface area contributed by atoms with Gasteiger partial charge in [0.2, 0.25) is 0 Å². The number of hydrogen-bond donors (Lipinski definition) is 1. The van der Waals surface area contributed by atoms with Crippen molar-refractivity contribution in [1.29, 1.82) is 0 Å². The first-order valence-electron chi connectivity index (χ1n) is 11.8. The van der Waals surface area contributed by atoms with Gasteiger partial charge in [0, 0.05) is 29.6 Å². The van der Waals surface area contributed by atoms with Gasteiger partial charge in [-0.25, -0.2) is 4.98 Å². The molecular formula is C30H29N3O2. The number of para-hydroxylation sites is 1. The second-order valence-electron chi connectivity index (χ2n) is 8.34. The number of hydrogen-bond acceptors (Lipinski definition) is 4. The van der Waals surface area contributed by atoms with Gasteiger partial charge in [0.15, 0.2) is 11.2 Å². The summed E-state index contributed by atoms with van der Waals surface area (Å²) in [6.07, 6.45) is 7.10. The van der Waals surface area contributed by atoms with E-state index in [9.17, 15) is 9.59 Å². The lowest BCUT2D eigenvalue weighted by Gasteiger charge is -2.20. The van der Waals surface area contributed by atoms with Gasteiger partial charge < -0.3 is 5.32 Å². The number of fused-ring (bicyclic) bond motifs is 1. The summed E-state index contributed by atoms with van der Waals surface area (Å²) in [7, 11) is 0. The second kappa shape index (κ2) is 10.8. The van der Waals surface area contributed by atoms with Gasteiger partial charge in [-0.2, -0.15) is 0 Å². The smallest absolute Gasteiger partial charge is 0.193 e. The quantitative estimate of drug-likeness (QED) is 0.243. The van der Waals surface area contributed by atoms with Gasteiger partial charge in [-0.3, -0.25) is 14.2 Å². The normalized spacial score (nSPS) is 11.8. The van der Waals surface area contributed by atoms with Crippen molar-refractivity contribution >= 4 is 22.5 Å². The number of aromatic nitrogens is 2. The first-order valence-corrected chi connectivity index (χ1v) is 11.8. The number of benzene rings is 2. The molecule has 0 aliphatic carbocycles. The second-order valence-corrected chi connectivity index (χ2v) is 8.34. The number of ketones is 1. The monoisotopic (exact) mass is 463 g/mol. The predicted molar refractivity (Wildman–Crippen MR) is 143 cm³/mol. The van der Waals surface area contributed by atoms with Gasteiger partial charge in [0.05, 0.1) is 10.9 Å². The SMILES string of the molecule is C/C=C(\C=C/CC)Nc1cc(=O)c2c(C(=O)Cc3ccccc3)nc(C)cc2n1-c1ccccc1. The molecule has 2 heterocycles. The number of anilines is 1. The Kier molecular flexibility index (Phi) is 7.36. The Bertz CT molecular complexity index is 1470. The van der Waals surface area contributed by atoms with E-state index in [1.807, 2.05) is 97.3 Å². The van der Waals surface area contributed by atoms with E-state index >= 15 is 0 Å². The maximum absolute atomic E-state index is 13.5. The molecule has 0 atom stereocenters. The lowest BCUT2D eigenvalue weighted by atomic mass is 10.0. The molecule has 4 rings (SSSR count). The standard InChI is InChI=1S/C30H29N3O2/c1-4-6-15-23(5-2)32-28-20-26(34)29-25(33(28)24-16-11-8-12-17-24)18-21(3)31-30(29)27(35)19-22-13-9-7-10-14-22/h5-18,20,32H,4,19H2,1-3H3/b15-6-,23-5+. The van der Waals surface area contributed by atoms with Crippen molar-refractivity contribution in [2.45, 2.75) is 33.6 Å². The third kappa shape index (κ3) is 5.30. The molecule has 0 saturated heterocycles. The largest absolute Gasteiger partial charge is 0.342 e. The zero-order valence-corrected chi connectivity index (χ0v) is 20.3. The van der Waals surface area contributed by atoms with Gasteiger partial charge in [0.1, 0.15) is 11.5 Å². The number of allylic oxidation sites excluding steroid dienone is 3. The summed E-state index contributed by atoms with van der Waals surface area (Å²) < 4.78 is 1.98. The fourth-order valence-electron chi connectivity index (χ4n) is 4.08. The van der Waals surface area contributed by atoms with Crippen molar-refractivity contribution in [2.75, 3.05) is 5.32 Å². The molecule has 0 aliphatic heterocycles. The molecule has 0 saturated carbocycles. The Hall–Kier alpha value is -4.25. The van der Waals surface area contributed by atoms with Crippen molar-refractivity contribution in [3.63, 3.8) is 0 Å². The highest BCUT2D eigenvalue weighted by molar-refractivity contribution is 6.07. The summed E-state index contributed by atoms with van der Waals surface area (Å²) in [6, 6.07) is 22.7. The molecule has 35 heavy (non-hydrogen) atoms. The Balaban J connectivity index is 1.95. The van der Waals surface area contributed by atoms with Crippen LogP contribution in [0.3, 0.4) is 0 Å². The summed E-state index contributed by atoms with van der Waals surface area (Å²) >= 11 is 0. The number of carbonyl (C=O) groups is 1. The molecule has 2 aromatic heterocycles. The Morgan fingerprint density at radius 3 is 2.37 bits per heavy atom. The molecule has 5 heteroatoms. The minimum Gasteiger partial charge on any atom is -0.342 e. The van der Waals surface area contributed by atoms with Crippen molar-refractivity contribution < 1.29 is 4.79 Å². The van der Waals surface area contributed by atoms with Crippen LogP contribution in [0.5, 0.6) is 0 Å². The highest BCUT2D eigenvalue weighted by Gasteiger charge is 2.20. The van der Waals surface area contributed by atoms with Gasteiger partial charge in [0.25, 0.3) is 0 Å². The number of pyridine rings is 2. The summed E-state index contributed by atoms with van der Waals surface area (Å²) in [4.78, 5) is 31.4. The summed E-state index contributed by atoms with van der Waals surface area (Å²) in [5, 5.41) is 3.73. The Morgan fingerprint density at radius 2 is 1.71 bits per heavy atom. The lowest BCUT2D eigenvalue weighted by molar-refractivity contribution is 0.0989. The van der Waals surface area contributed by atoms with Crippen molar-refractivity contribution in [2.24, 2.45) is 0 Å². The highest BCUT2D eigenvalue weighted by Crippen LogP contribution is 2.26. The van der Waals surface area contributed by atoms with Crippen LogP contribution in [0.4, 0.5) is 5.82 Å². The van der Waals surface area contributed by atoms with E-state index in [1.54, 1.807) is 6.07 Å². The molecule has 0 spiro atoms. The average Bonchev–Trinajstić information content (AvgIpc) is 2.87. The van der Waals surface area contributed by atoms with Gasteiger partial charge in [-0.15, -0.1) is 0 Å². The van der Waals surface area contributed by atoms with Crippen molar-refractivity contribution in [3.05, 3.63) is 124 Å². The molecule has 0 amide bonds. The van der Waals surface area contributed by atoms with Crippen molar-refractivity contribution in [3.8, 4) is 5.69 Å². The fraction of sp³-hybridized carbons (Fsp3) is 0.167. The number of aryl methyl sites for hydroxylation is 1. The van der Waals surface area contributed by atoms with E-state index in [4.69, 9.17) is 0 Å². The van der Waals surface area contributed by atoms with Gasteiger partial charge in [-0.05, 0) is 50.1 Å². The number of rotatable bonds is 8. The maximum atomic E-state index is 13.5. The molecule has 4 aromatic rings. The molecule has 1 N–H and O–H groups in total. The fourth-order valence-corrected chi connectivity index (χ4v) is 4.08. The van der Waals surface area contributed by atoms with Gasteiger partial charge >= 0.3 is 0 Å². The molecule has 176 valence electrons. The van der Waals surface area contributed by atoms with Gasteiger partial charge in [-0.1, -0.05) is 67.6 Å². The Morgan fingerprint density at radius 1 is 1.03 bits per heavy atom. The Labute approximate surface area is 205 Å². The first-order chi connectivity index (χ1) is 17.0. The van der Waals surface area contributed by atoms with Crippen LogP contribution < -0.4 is 10.7 Å². The first kappa shape index (κ1) is 23.9. The minimum absolute atomic E-state index is 0.178. The van der Waals surface area contributed by atoms with E-state index in [-0.39, 0.29) is 23.3 Å².